The van der Waals surface area contributed by atoms with Crippen LogP contribution in [0, 0.1) is 0 Å². The summed E-state index contributed by atoms with van der Waals surface area (Å²) in [5.41, 5.74) is 2.94. The summed E-state index contributed by atoms with van der Waals surface area (Å²) in [5.74, 6) is 1.65. The van der Waals surface area contributed by atoms with E-state index in [9.17, 15) is 4.79 Å². The second-order valence-corrected chi connectivity index (χ2v) is 7.70. The Hall–Kier alpha value is -2.71. The first kappa shape index (κ1) is 22.0. The van der Waals surface area contributed by atoms with E-state index in [0.717, 1.165) is 21.8 Å². The number of fused-ring (bicyclic) bond motifs is 1. The molecule has 160 valence electrons. The van der Waals surface area contributed by atoms with Crippen LogP contribution < -0.4 is 9.47 Å². The average Bonchev–Trinajstić information content (AvgIpc) is 3.13. The molecule has 0 aliphatic carbocycles. The summed E-state index contributed by atoms with van der Waals surface area (Å²) < 4.78 is 17.9. The van der Waals surface area contributed by atoms with Gasteiger partial charge in [-0.15, -0.1) is 0 Å². The van der Waals surface area contributed by atoms with E-state index in [1.807, 2.05) is 42.5 Å². The van der Waals surface area contributed by atoms with Crippen LogP contribution in [0.5, 0.6) is 11.5 Å². The largest absolute Gasteiger partial charge is 0.493 e. The highest BCUT2D eigenvalue weighted by Crippen LogP contribution is 2.28. The Kier molecular flexibility index (Phi) is 7.59. The second kappa shape index (κ2) is 10.4. The van der Waals surface area contributed by atoms with Crippen LogP contribution in [0.25, 0.3) is 11.0 Å². The van der Waals surface area contributed by atoms with E-state index < -0.39 is 0 Å². The minimum absolute atomic E-state index is 0.0279. The topological polar surface area (TPSA) is 65.8 Å². The minimum Gasteiger partial charge on any atom is -0.493 e. The van der Waals surface area contributed by atoms with Crippen LogP contribution in [0.3, 0.4) is 0 Å². The number of carbonyl (C=O) groups is 1. The lowest BCUT2D eigenvalue weighted by molar-refractivity contribution is -0.127. The first-order valence-corrected chi connectivity index (χ1v) is 10.6. The van der Waals surface area contributed by atoms with Crippen LogP contribution >= 0.6 is 11.8 Å². The summed E-state index contributed by atoms with van der Waals surface area (Å²) in [6.07, 6.45) is 0. The smallest absolute Gasteiger partial charge is 0.233 e. The maximum Gasteiger partial charge on any atom is 0.233 e. The van der Waals surface area contributed by atoms with Gasteiger partial charge >= 0.3 is 0 Å². The SMILES string of the molecule is COCCn1c(SCC(=O)N(C)Cc2ccc(OC)c(OC)c2)nc2ccccc21. The first-order valence-electron chi connectivity index (χ1n) is 9.59. The third-order valence-corrected chi connectivity index (χ3v) is 5.72. The zero-order valence-corrected chi connectivity index (χ0v) is 18.6. The molecule has 0 fully saturated rings. The third kappa shape index (κ3) is 5.06. The van der Waals surface area contributed by atoms with Crippen LogP contribution in [-0.2, 0) is 22.6 Å². The van der Waals surface area contributed by atoms with Gasteiger partial charge < -0.3 is 23.7 Å². The number of rotatable bonds is 10. The van der Waals surface area contributed by atoms with Crippen LogP contribution in [0.2, 0.25) is 0 Å². The fraction of sp³-hybridized carbons (Fsp3) is 0.364. The lowest BCUT2D eigenvalue weighted by Crippen LogP contribution is -2.28. The number of thioether (sulfide) groups is 1. The van der Waals surface area contributed by atoms with Gasteiger partial charge in [-0.2, -0.15) is 0 Å². The van der Waals surface area contributed by atoms with Crippen LogP contribution in [0.1, 0.15) is 5.56 Å². The Morgan fingerprint density at radius 3 is 2.60 bits per heavy atom. The van der Waals surface area contributed by atoms with Gasteiger partial charge in [-0.3, -0.25) is 4.79 Å². The predicted octanol–water partition coefficient (Wildman–Crippen LogP) is 3.45. The third-order valence-electron chi connectivity index (χ3n) is 4.76. The number of hydrogen-bond acceptors (Lipinski definition) is 6. The van der Waals surface area contributed by atoms with Crippen molar-refractivity contribution in [2.24, 2.45) is 0 Å². The summed E-state index contributed by atoms with van der Waals surface area (Å²) >= 11 is 1.44. The number of imidazole rings is 1. The Bertz CT molecular complexity index is 1010. The lowest BCUT2D eigenvalue weighted by atomic mass is 10.2. The quantitative estimate of drug-likeness (QED) is 0.460. The molecule has 3 rings (SSSR count). The van der Waals surface area contributed by atoms with Gasteiger partial charge in [0.25, 0.3) is 0 Å². The van der Waals surface area contributed by atoms with Crippen molar-refractivity contribution in [1.29, 1.82) is 0 Å². The van der Waals surface area contributed by atoms with Gasteiger partial charge in [-0.1, -0.05) is 30.0 Å². The fourth-order valence-corrected chi connectivity index (χ4v) is 4.12. The fourth-order valence-electron chi connectivity index (χ4n) is 3.14. The number of nitrogens with zero attached hydrogens (tertiary/aromatic N) is 3. The molecule has 30 heavy (non-hydrogen) atoms. The van der Waals surface area contributed by atoms with Crippen LogP contribution in [-0.4, -0.2) is 61.1 Å². The summed E-state index contributed by atoms with van der Waals surface area (Å²) in [6, 6.07) is 13.6. The second-order valence-electron chi connectivity index (χ2n) is 6.76. The Morgan fingerprint density at radius 1 is 1.10 bits per heavy atom. The van der Waals surface area contributed by atoms with Crippen molar-refractivity contribution in [2.75, 3.05) is 40.7 Å². The Labute approximate surface area is 180 Å². The van der Waals surface area contributed by atoms with Gasteiger partial charge in [-0.25, -0.2) is 4.98 Å². The number of carbonyl (C=O) groups excluding carboxylic acids is 1. The molecule has 0 radical (unpaired) electrons. The number of amides is 1. The van der Waals surface area contributed by atoms with E-state index >= 15 is 0 Å². The molecule has 7 nitrogen and oxygen atoms in total. The van der Waals surface area contributed by atoms with Gasteiger partial charge in [0, 0.05) is 27.2 Å². The zero-order chi connectivity index (χ0) is 21.5. The van der Waals surface area contributed by atoms with E-state index in [2.05, 4.69) is 4.57 Å². The van der Waals surface area contributed by atoms with Crippen molar-refractivity contribution in [1.82, 2.24) is 14.5 Å². The molecule has 0 spiro atoms. The molecule has 0 aliphatic heterocycles. The van der Waals surface area contributed by atoms with Crippen molar-refractivity contribution in [3.63, 3.8) is 0 Å². The minimum atomic E-state index is 0.0279. The number of benzene rings is 2. The van der Waals surface area contributed by atoms with E-state index in [0.29, 0.717) is 36.9 Å². The summed E-state index contributed by atoms with van der Waals surface area (Å²) in [6.45, 7) is 1.76. The molecule has 0 atom stereocenters. The van der Waals surface area contributed by atoms with Gasteiger partial charge in [0.05, 0.1) is 37.6 Å². The molecule has 2 aromatic carbocycles. The first-order chi connectivity index (χ1) is 14.6. The van der Waals surface area contributed by atoms with E-state index in [1.54, 1.807) is 33.3 Å². The van der Waals surface area contributed by atoms with E-state index in [4.69, 9.17) is 19.2 Å². The number of hydrogen-bond donors (Lipinski definition) is 0. The predicted molar refractivity (Wildman–Crippen MR) is 118 cm³/mol. The number of aromatic nitrogens is 2. The number of methoxy groups -OCH3 is 3. The molecule has 0 unspecified atom stereocenters. The molecule has 1 heterocycles. The number of para-hydroxylation sites is 2. The van der Waals surface area contributed by atoms with Crippen molar-refractivity contribution < 1.29 is 19.0 Å². The maximum absolute atomic E-state index is 12.7. The van der Waals surface area contributed by atoms with Crippen molar-refractivity contribution in [2.45, 2.75) is 18.2 Å². The summed E-state index contributed by atoms with van der Waals surface area (Å²) in [5, 5.41) is 0.820. The van der Waals surface area contributed by atoms with Crippen molar-refractivity contribution in [3.05, 3.63) is 48.0 Å². The van der Waals surface area contributed by atoms with Crippen molar-refractivity contribution >= 4 is 28.7 Å². The standard InChI is InChI=1S/C22H27N3O4S/c1-24(14-16-9-10-19(28-3)20(13-16)29-4)21(26)15-30-22-23-17-7-5-6-8-18(17)25(22)11-12-27-2/h5-10,13H,11-12,14-15H2,1-4H3. The van der Waals surface area contributed by atoms with Gasteiger partial charge in [-0.05, 0) is 29.8 Å². The summed E-state index contributed by atoms with van der Waals surface area (Å²) in [7, 11) is 6.68. The molecular formula is C22H27N3O4S. The molecular weight excluding hydrogens is 402 g/mol. The number of ether oxygens (including phenoxy) is 3. The molecule has 0 N–H and O–H groups in total. The lowest BCUT2D eigenvalue weighted by Gasteiger charge is -2.18. The molecule has 0 saturated heterocycles. The van der Waals surface area contributed by atoms with Gasteiger partial charge in [0.2, 0.25) is 5.91 Å². The zero-order valence-electron chi connectivity index (χ0n) is 17.8. The molecule has 8 heteroatoms. The van der Waals surface area contributed by atoms with Crippen LogP contribution in [0.4, 0.5) is 0 Å². The molecule has 3 aromatic rings. The maximum atomic E-state index is 12.7. The molecule has 0 saturated carbocycles. The Morgan fingerprint density at radius 2 is 1.87 bits per heavy atom. The molecule has 1 amide bonds. The van der Waals surface area contributed by atoms with Gasteiger partial charge in [0.15, 0.2) is 16.7 Å². The molecule has 0 bridgehead atoms. The molecule has 0 aliphatic rings. The Balaban J connectivity index is 1.66. The van der Waals surface area contributed by atoms with E-state index in [-0.39, 0.29) is 5.91 Å². The average molecular weight is 430 g/mol. The highest BCUT2D eigenvalue weighted by atomic mass is 32.2. The van der Waals surface area contributed by atoms with E-state index in [1.165, 1.54) is 11.8 Å². The highest BCUT2D eigenvalue weighted by Gasteiger charge is 2.16. The molecule has 1 aromatic heterocycles. The highest BCUT2D eigenvalue weighted by molar-refractivity contribution is 7.99. The van der Waals surface area contributed by atoms with Crippen molar-refractivity contribution in [3.8, 4) is 11.5 Å². The van der Waals surface area contributed by atoms with Crippen LogP contribution in [0.15, 0.2) is 47.6 Å². The normalized spacial score (nSPS) is 10.9. The monoisotopic (exact) mass is 429 g/mol. The summed E-state index contributed by atoms with van der Waals surface area (Å²) in [4.78, 5) is 19.1. The van der Waals surface area contributed by atoms with Gasteiger partial charge in [0.1, 0.15) is 0 Å².